The molecule has 3 rings (SSSR count). The highest BCUT2D eigenvalue weighted by Gasteiger charge is 2.40. The molecule has 1 fully saturated rings. The number of benzene rings is 1. The van der Waals surface area contributed by atoms with Gasteiger partial charge in [0, 0.05) is 12.6 Å². The fourth-order valence-corrected chi connectivity index (χ4v) is 5.49. The SMILES string of the molecule is CC(=O)Nc1ccc(C2=CC3CCCC(C2)S3(=O)=O)cc1. The lowest BCUT2D eigenvalue weighted by Gasteiger charge is -2.33. The van der Waals surface area contributed by atoms with E-state index in [0.717, 1.165) is 36.1 Å². The molecule has 21 heavy (non-hydrogen) atoms. The summed E-state index contributed by atoms with van der Waals surface area (Å²) in [5, 5.41) is 2.21. The number of hydrogen-bond acceptors (Lipinski definition) is 3. The predicted molar refractivity (Wildman–Crippen MR) is 83.7 cm³/mol. The lowest BCUT2D eigenvalue weighted by molar-refractivity contribution is -0.114. The van der Waals surface area contributed by atoms with Crippen LogP contribution in [0.3, 0.4) is 0 Å². The van der Waals surface area contributed by atoms with Gasteiger partial charge in [-0.3, -0.25) is 4.79 Å². The van der Waals surface area contributed by atoms with Crippen LogP contribution in [0.5, 0.6) is 0 Å². The van der Waals surface area contributed by atoms with Crippen LogP contribution in [0.15, 0.2) is 30.3 Å². The average molecular weight is 305 g/mol. The van der Waals surface area contributed by atoms with Crippen LogP contribution in [0.1, 0.15) is 38.2 Å². The standard InChI is InChI=1S/C16H19NO3S/c1-11(18)17-14-7-5-12(6-8-14)13-9-15-3-2-4-16(10-13)21(15,19)20/h5-9,15-16H,2-4,10H2,1H3,(H,17,18). The van der Waals surface area contributed by atoms with E-state index in [-0.39, 0.29) is 16.4 Å². The number of fused-ring (bicyclic) bond motifs is 2. The van der Waals surface area contributed by atoms with E-state index in [9.17, 15) is 13.2 Å². The molecule has 2 atom stereocenters. The lowest BCUT2D eigenvalue weighted by atomic mass is 9.93. The van der Waals surface area contributed by atoms with Gasteiger partial charge in [0.25, 0.3) is 0 Å². The Hall–Kier alpha value is -1.62. The van der Waals surface area contributed by atoms with Crippen molar-refractivity contribution in [2.24, 2.45) is 0 Å². The molecule has 0 saturated carbocycles. The van der Waals surface area contributed by atoms with Crippen molar-refractivity contribution in [3.8, 4) is 0 Å². The fraction of sp³-hybridized carbons (Fsp3) is 0.438. The van der Waals surface area contributed by atoms with E-state index in [1.807, 2.05) is 30.3 Å². The first-order valence-corrected chi connectivity index (χ1v) is 8.89. The smallest absolute Gasteiger partial charge is 0.221 e. The molecule has 0 spiro atoms. The van der Waals surface area contributed by atoms with E-state index in [1.165, 1.54) is 6.92 Å². The molecule has 112 valence electrons. The monoisotopic (exact) mass is 305 g/mol. The Kier molecular flexibility index (Phi) is 3.61. The van der Waals surface area contributed by atoms with Crippen LogP contribution in [0.25, 0.3) is 5.57 Å². The number of carbonyl (C=O) groups is 1. The summed E-state index contributed by atoms with van der Waals surface area (Å²) in [7, 11) is -2.96. The van der Waals surface area contributed by atoms with E-state index in [0.29, 0.717) is 6.42 Å². The number of nitrogens with one attached hydrogen (secondary N) is 1. The van der Waals surface area contributed by atoms with Gasteiger partial charge in [-0.1, -0.05) is 24.6 Å². The quantitative estimate of drug-likeness (QED) is 0.914. The molecule has 0 aliphatic carbocycles. The Balaban J connectivity index is 1.88. The molecule has 1 aromatic carbocycles. The van der Waals surface area contributed by atoms with Crippen molar-refractivity contribution >= 4 is 27.0 Å². The van der Waals surface area contributed by atoms with Crippen LogP contribution in [0.4, 0.5) is 5.69 Å². The molecule has 2 bridgehead atoms. The van der Waals surface area contributed by atoms with Crippen LogP contribution in [0.2, 0.25) is 0 Å². The van der Waals surface area contributed by atoms with Crippen molar-refractivity contribution in [3.05, 3.63) is 35.9 Å². The number of carbonyl (C=O) groups excluding carboxylic acids is 1. The Morgan fingerprint density at radius 1 is 1.19 bits per heavy atom. The van der Waals surface area contributed by atoms with Crippen LogP contribution in [-0.4, -0.2) is 24.8 Å². The van der Waals surface area contributed by atoms with Gasteiger partial charge in [-0.25, -0.2) is 8.42 Å². The molecule has 1 saturated heterocycles. The second-order valence-electron chi connectivity index (χ2n) is 5.83. The number of amides is 1. The molecule has 2 aliphatic heterocycles. The van der Waals surface area contributed by atoms with Crippen molar-refractivity contribution in [1.82, 2.24) is 0 Å². The summed E-state index contributed by atoms with van der Waals surface area (Å²) in [5.41, 5.74) is 2.93. The highest BCUT2D eigenvalue weighted by Crippen LogP contribution is 2.39. The summed E-state index contributed by atoms with van der Waals surface area (Å²) < 4.78 is 24.5. The third-order valence-electron chi connectivity index (χ3n) is 4.31. The molecular formula is C16H19NO3S. The van der Waals surface area contributed by atoms with Gasteiger partial charge in [0.15, 0.2) is 9.84 Å². The van der Waals surface area contributed by atoms with Gasteiger partial charge in [-0.05, 0) is 42.5 Å². The highest BCUT2D eigenvalue weighted by atomic mass is 32.2. The van der Waals surface area contributed by atoms with Crippen molar-refractivity contribution in [3.63, 3.8) is 0 Å². The number of rotatable bonds is 2. The van der Waals surface area contributed by atoms with E-state index >= 15 is 0 Å². The van der Waals surface area contributed by atoms with Crippen LogP contribution >= 0.6 is 0 Å². The topological polar surface area (TPSA) is 63.2 Å². The number of hydrogen-bond donors (Lipinski definition) is 1. The predicted octanol–water partition coefficient (Wildman–Crippen LogP) is 2.77. The van der Waals surface area contributed by atoms with Gasteiger partial charge < -0.3 is 5.32 Å². The fourth-order valence-electron chi connectivity index (χ4n) is 3.24. The van der Waals surface area contributed by atoms with Crippen LogP contribution < -0.4 is 5.32 Å². The maximum absolute atomic E-state index is 12.3. The van der Waals surface area contributed by atoms with Gasteiger partial charge in [0.1, 0.15) is 0 Å². The van der Waals surface area contributed by atoms with Crippen molar-refractivity contribution in [2.45, 2.75) is 43.1 Å². The molecule has 0 aromatic heterocycles. The normalized spacial score (nSPS) is 26.8. The van der Waals surface area contributed by atoms with E-state index in [2.05, 4.69) is 5.32 Å². The number of allylic oxidation sites excluding steroid dienone is 1. The van der Waals surface area contributed by atoms with Gasteiger partial charge >= 0.3 is 0 Å². The van der Waals surface area contributed by atoms with E-state index < -0.39 is 9.84 Å². The Bertz CT molecular complexity index is 689. The molecule has 2 heterocycles. The van der Waals surface area contributed by atoms with Crippen molar-refractivity contribution in [1.29, 1.82) is 0 Å². The third-order valence-corrected chi connectivity index (χ3v) is 6.86. The first kappa shape index (κ1) is 14.3. The zero-order chi connectivity index (χ0) is 15.0. The van der Waals surface area contributed by atoms with Gasteiger partial charge in [0.2, 0.25) is 5.91 Å². The molecule has 5 heteroatoms. The third kappa shape index (κ3) is 2.75. The van der Waals surface area contributed by atoms with Gasteiger partial charge in [0.05, 0.1) is 10.5 Å². The zero-order valence-electron chi connectivity index (χ0n) is 12.0. The lowest BCUT2D eigenvalue weighted by Crippen LogP contribution is -2.38. The molecule has 0 radical (unpaired) electrons. The maximum Gasteiger partial charge on any atom is 0.221 e. The highest BCUT2D eigenvalue weighted by molar-refractivity contribution is 7.93. The van der Waals surface area contributed by atoms with E-state index in [4.69, 9.17) is 0 Å². The summed E-state index contributed by atoms with van der Waals surface area (Å²) in [6.07, 6.45) is 5.06. The Morgan fingerprint density at radius 2 is 1.90 bits per heavy atom. The second-order valence-corrected chi connectivity index (χ2v) is 8.29. The van der Waals surface area contributed by atoms with E-state index in [1.54, 1.807) is 0 Å². The van der Waals surface area contributed by atoms with Crippen molar-refractivity contribution in [2.75, 3.05) is 5.32 Å². The molecular weight excluding hydrogens is 286 g/mol. The second kappa shape index (κ2) is 5.30. The number of anilines is 1. The minimum absolute atomic E-state index is 0.0970. The molecule has 1 N–H and O–H groups in total. The van der Waals surface area contributed by atoms with Crippen LogP contribution in [0, 0.1) is 0 Å². The summed E-state index contributed by atoms with van der Waals surface area (Å²) in [5.74, 6) is -0.0970. The summed E-state index contributed by atoms with van der Waals surface area (Å²) in [6.45, 7) is 1.48. The maximum atomic E-state index is 12.3. The molecule has 2 unspecified atom stereocenters. The average Bonchev–Trinajstić information content (AvgIpc) is 2.38. The summed E-state index contributed by atoms with van der Waals surface area (Å²) in [6, 6.07) is 7.61. The summed E-state index contributed by atoms with van der Waals surface area (Å²) in [4.78, 5) is 11.0. The van der Waals surface area contributed by atoms with Crippen molar-refractivity contribution < 1.29 is 13.2 Å². The molecule has 1 amide bonds. The first-order valence-electron chi connectivity index (χ1n) is 7.28. The first-order chi connectivity index (χ1) is 9.96. The minimum Gasteiger partial charge on any atom is -0.326 e. The van der Waals surface area contributed by atoms with Gasteiger partial charge in [-0.15, -0.1) is 0 Å². The zero-order valence-corrected chi connectivity index (χ0v) is 12.8. The van der Waals surface area contributed by atoms with Crippen LogP contribution in [-0.2, 0) is 14.6 Å². The Morgan fingerprint density at radius 3 is 2.52 bits per heavy atom. The largest absolute Gasteiger partial charge is 0.326 e. The van der Waals surface area contributed by atoms with Gasteiger partial charge in [-0.2, -0.15) is 0 Å². The molecule has 1 aromatic rings. The summed E-state index contributed by atoms with van der Waals surface area (Å²) >= 11 is 0. The Labute approximate surface area is 125 Å². The molecule has 2 aliphatic rings. The molecule has 4 nitrogen and oxygen atoms in total. The minimum atomic E-state index is -2.96. The number of sulfone groups is 1.